The van der Waals surface area contributed by atoms with Gasteiger partial charge in [0, 0.05) is 13.1 Å². The van der Waals surface area contributed by atoms with Crippen molar-refractivity contribution < 1.29 is 19.1 Å². The molecule has 1 saturated heterocycles. The van der Waals surface area contributed by atoms with Crippen LogP contribution in [0.25, 0.3) is 11.1 Å². The van der Waals surface area contributed by atoms with Crippen LogP contribution >= 0.6 is 0 Å². The first-order chi connectivity index (χ1) is 13.0. The van der Waals surface area contributed by atoms with E-state index < -0.39 is 11.9 Å². The largest absolute Gasteiger partial charge is 0.452 e. The molecule has 0 aliphatic carbocycles. The molecule has 1 aliphatic heterocycles. The second kappa shape index (κ2) is 8.49. The van der Waals surface area contributed by atoms with Crippen LogP contribution < -0.4 is 5.73 Å². The number of carbonyl (C=O) groups excluding carboxylic acids is 3. The fourth-order valence-corrected chi connectivity index (χ4v) is 3.17. The van der Waals surface area contributed by atoms with Gasteiger partial charge in [0.2, 0.25) is 5.91 Å². The van der Waals surface area contributed by atoms with Gasteiger partial charge >= 0.3 is 5.97 Å². The van der Waals surface area contributed by atoms with E-state index in [0.717, 1.165) is 11.1 Å². The molecule has 140 valence electrons. The first kappa shape index (κ1) is 18.6. The Morgan fingerprint density at radius 2 is 1.67 bits per heavy atom. The highest BCUT2D eigenvalue weighted by Crippen LogP contribution is 2.20. The average Bonchev–Trinajstić information content (AvgIpc) is 2.72. The summed E-state index contributed by atoms with van der Waals surface area (Å²) in [6.45, 7) is 0.494. The third-order valence-corrected chi connectivity index (χ3v) is 4.73. The lowest BCUT2D eigenvalue weighted by Crippen LogP contribution is -2.45. The van der Waals surface area contributed by atoms with Gasteiger partial charge in [0.1, 0.15) is 0 Å². The quantitative estimate of drug-likeness (QED) is 0.822. The van der Waals surface area contributed by atoms with Crippen LogP contribution in [-0.2, 0) is 14.3 Å². The van der Waals surface area contributed by atoms with Gasteiger partial charge in [-0.15, -0.1) is 0 Å². The van der Waals surface area contributed by atoms with Crippen molar-refractivity contribution in [2.24, 2.45) is 11.7 Å². The zero-order chi connectivity index (χ0) is 19.2. The highest BCUT2D eigenvalue weighted by Gasteiger charge is 2.27. The number of hydrogen-bond donors (Lipinski definition) is 1. The number of primary amides is 1. The number of hydrogen-bond acceptors (Lipinski definition) is 4. The molecular weight excluding hydrogens is 344 g/mol. The SMILES string of the molecule is NC(=O)[C@@H]1CCCN(C(=O)COC(=O)c2ccc(-c3ccccc3)cc2)C1. The maximum absolute atomic E-state index is 12.2. The molecule has 0 radical (unpaired) electrons. The maximum Gasteiger partial charge on any atom is 0.338 e. The first-order valence-electron chi connectivity index (χ1n) is 8.94. The minimum Gasteiger partial charge on any atom is -0.452 e. The molecule has 3 rings (SSSR count). The Labute approximate surface area is 157 Å². The minimum absolute atomic E-state index is 0.289. The third-order valence-electron chi connectivity index (χ3n) is 4.73. The molecule has 0 spiro atoms. The topological polar surface area (TPSA) is 89.7 Å². The Morgan fingerprint density at radius 1 is 1.00 bits per heavy atom. The Kier molecular flexibility index (Phi) is 5.86. The van der Waals surface area contributed by atoms with Gasteiger partial charge in [-0.25, -0.2) is 4.79 Å². The normalized spacial score (nSPS) is 16.6. The Hall–Kier alpha value is -3.15. The van der Waals surface area contributed by atoms with Crippen LogP contribution in [0.1, 0.15) is 23.2 Å². The second-order valence-corrected chi connectivity index (χ2v) is 6.60. The number of benzene rings is 2. The molecule has 0 saturated carbocycles. The van der Waals surface area contributed by atoms with E-state index in [1.54, 1.807) is 12.1 Å². The smallest absolute Gasteiger partial charge is 0.338 e. The van der Waals surface area contributed by atoms with Gasteiger partial charge in [0.25, 0.3) is 5.91 Å². The van der Waals surface area contributed by atoms with Crippen molar-refractivity contribution in [3.05, 3.63) is 60.2 Å². The monoisotopic (exact) mass is 366 g/mol. The number of ether oxygens (including phenoxy) is 1. The van der Waals surface area contributed by atoms with Gasteiger partial charge in [-0.3, -0.25) is 9.59 Å². The summed E-state index contributed by atoms with van der Waals surface area (Å²) in [5, 5.41) is 0. The van der Waals surface area contributed by atoms with Crippen LogP contribution in [0.4, 0.5) is 0 Å². The average molecular weight is 366 g/mol. The molecule has 1 atom stereocenters. The van der Waals surface area contributed by atoms with Gasteiger partial charge in [-0.05, 0) is 36.1 Å². The zero-order valence-electron chi connectivity index (χ0n) is 15.0. The van der Waals surface area contributed by atoms with Gasteiger partial charge in [-0.1, -0.05) is 42.5 Å². The molecule has 6 nitrogen and oxygen atoms in total. The van der Waals surface area contributed by atoms with E-state index in [1.807, 2.05) is 42.5 Å². The summed E-state index contributed by atoms with van der Waals surface area (Å²) in [6, 6.07) is 16.9. The summed E-state index contributed by atoms with van der Waals surface area (Å²) in [5.74, 6) is -1.59. The number of esters is 1. The lowest BCUT2D eigenvalue weighted by molar-refractivity contribution is -0.137. The predicted octanol–water partition coefficient (Wildman–Crippen LogP) is 2.23. The molecular formula is C21H22N2O4. The van der Waals surface area contributed by atoms with Crippen LogP contribution in [0.2, 0.25) is 0 Å². The van der Waals surface area contributed by atoms with Gasteiger partial charge in [0.05, 0.1) is 11.5 Å². The zero-order valence-corrected chi connectivity index (χ0v) is 15.0. The van der Waals surface area contributed by atoms with E-state index in [0.29, 0.717) is 24.9 Å². The van der Waals surface area contributed by atoms with Crippen molar-refractivity contribution in [1.29, 1.82) is 0 Å². The summed E-state index contributed by atoms with van der Waals surface area (Å²) in [7, 11) is 0. The van der Waals surface area contributed by atoms with Crippen LogP contribution in [0.5, 0.6) is 0 Å². The molecule has 2 N–H and O–H groups in total. The Morgan fingerprint density at radius 3 is 2.33 bits per heavy atom. The second-order valence-electron chi connectivity index (χ2n) is 6.60. The molecule has 2 aromatic carbocycles. The number of carbonyl (C=O) groups is 3. The van der Waals surface area contributed by atoms with Crippen molar-refractivity contribution in [3.8, 4) is 11.1 Å². The highest BCUT2D eigenvalue weighted by atomic mass is 16.5. The molecule has 1 fully saturated rings. The lowest BCUT2D eigenvalue weighted by atomic mass is 9.97. The van der Waals surface area contributed by atoms with Crippen LogP contribution in [0.15, 0.2) is 54.6 Å². The summed E-state index contributed by atoms with van der Waals surface area (Å²) >= 11 is 0. The van der Waals surface area contributed by atoms with E-state index >= 15 is 0 Å². The molecule has 1 aliphatic rings. The van der Waals surface area contributed by atoms with E-state index in [4.69, 9.17) is 10.5 Å². The van der Waals surface area contributed by atoms with Crippen molar-refractivity contribution in [3.63, 3.8) is 0 Å². The Balaban J connectivity index is 1.54. The number of nitrogens with zero attached hydrogens (tertiary/aromatic N) is 1. The summed E-state index contributed by atoms with van der Waals surface area (Å²) in [6.07, 6.45) is 1.40. The number of rotatable bonds is 5. The van der Waals surface area contributed by atoms with Crippen LogP contribution in [0, 0.1) is 5.92 Å². The van der Waals surface area contributed by atoms with Crippen molar-refractivity contribution >= 4 is 17.8 Å². The summed E-state index contributed by atoms with van der Waals surface area (Å²) in [5.41, 5.74) is 7.76. The molecule has 0 aromatic heterocycles. The minimum atomic E-state index is -0.550. The van der Waals surface area contributed by atoms with Crippen LogP contribution in [-0.4, -0.2) is 42.4 Å². The fourth-order valence-electron chi connectivity index (χ4n) is 3.17. The van der Waals surface area contributed by atoms with Crippen molar-refractivity contribution in [2.75, 3.05) is 19.7 Å². The van der Waals surface area contributed by atoms with Gasteiger partial charge in [-0.2, -0.15) is 0 Å². The maximum atomic E-state index is 12.2. The summed E-state index contributed by atoms with van der Waals surface area (Å²) in [4.78, 5) is 37.3. The van der Waals surface area contributed by atoms with Crippen molar-refractivity contribution in [1.82, 2.24) is 4.90 Å². The number of amides is 2. The number of likely N-dealkylation sites (tertiary alicyclic amines) is 1. The van der Waals surface area contributed by atoms with Gasteiger partial charge < -0.3 is 15.4 Å². The van der Waals surface area contributed by atoms with E-state index in [2.05, 4.69) is 0 Å². The molecule has 0 unspecified atom stereocenters. The van der Waals surface area contributed by atoms with Crippen LogP contribution in [0.3, 0.4) is 0 Å². The molecule has 6 heteroatoms. The molecule has 1 heterocycles. The van der Waals surface area contributed by atoms with Crippen molar-refractivity contribution in [2.45, 2.75) is 12.8 Å². The van der Waals surface area contributed by atoms with E-state index in [1.165, 1.54) is 4.90 Å². The van der Waals surface area contributed by atoms with E-state index in [9.17, 15) is 14.4 Å². The standard InChI is InChI=1S/C21H22N2O4/c22-20(25)18-7-4-12-23(13-18)19(24)14-27-21(26)17-10-8-16(9-11-17)15-5-2-1-3-6-15/h1-3,5-6,8-11,18H,4,7,12-14H2,(H2,22,25)/t18-/m1/s1. The molecule has 0 bridgehead atoms. The van der Waals surface area contributed by atoms with Gasteiger partial charge in [0.15, 0.2) is 6.61 Å². The highest BCUT2D eigenvalue weighted by molar-refractivity contribution is 5.92. The predicted molar refractivity (Wildman–Crippen MR) is 101 cm³/mol. The summed E-state index contributed by atoms with van der Waals surface area (Å²) < 4.78 is 5.14. The van der Waals surface area contributed by atoms with E-state index in [-0.39, 0.29) is 25.0 Å². The Bertz CT molecular complexity index is 818. The number of piperidine rings is 1. The molecule has 27 heavy (non-hydrogen) atoms. The number of nitrogens with two attached hydrogens (primary N) is 1. The molecule has 2 amide bonds. The fraction of sp³-hybridized carbons (Fsp3) is 0.286. The molecule has 2 aromatic rings. The lowest BCUT2D eigenvalue weighted by Gasteiger charge is -2.31. The third kappa shape index (κ3) is 4.73. The first-order valence-corrected chi connectivity index (χ1v) is 8.94.